The van der Waals surface area contributed by atoms with Gasteiger partial charge in [0.15, 0.2) is 6.29 Å². The summed E-state index contributed by atoms with van der Waals surface area (Å²) in [5.41, 5.74) is 0.457. The molecule has 0 aliphatic heterocycles. The summed E-state index contributed by atoms with van der Waals surface area (Å²) in [7, 11) is 0. The van der Waals surface area contributed by atoms with Gasteiger partial charge in [-0.25, -0.2) is 0 Å². The third kappa shape index (κ3) is 1.68. The van der Waals surface area contributed by atoms with Crippen molar-refractivity contribution in [3.8, 4) is 0 Å². The Labute approximate surface area is 73.5 Å². The number of halogens is 1. The van der Waals surface area contributed by atoms with E-state index in [1.165, 1.54) is 0 Å². The van der Waals surface area contributed by atoms with Crippen molar-refractivity contribution in [2.24, 2.45) is 0 Å². The van der Waals surface area contributed by atoms with Crippen molar-refractivity contribution in [3.63, 3.8) is 0 Å². The van der Waals surface area contributed by atoms with Gasteiger partial charge in [0.2, 0.25) is 0 Å². The zero-order valence-corrected chi connectivity index (χ0v) is 8.00. The van der Waals surface area contributed by atoms with E-state index in [1.54, 1.807) is 10.9 Å². The highest BCUT2D eigenvalue weighted by atomic mass is 79.9. The van der Waals surface area contributed by atoms with Gasteiger partial charge in [-0.3, -0.25) is 9.48 Å². The fourth-order valence-electron chi connectivity index (χ4n) is 0.728. The van der Waals surface area contributed by atoms with Gasteiger partial charge in [0.25, 0.3) is 0 Å². The number of hydrogen-bond acceptors (Lipinski definition) is 2. The van der Waals surface area contributed by atoms with Gasteiger partial charge >= 0.3 is 0 Å². The topological polar surface area (TPSA) is 34.9 Å². The van der Waals surface area contributed by atoms with Crippen LogP contribution in [0.1, 0.15) is 30.4 Å². The molecule has 1 aromatic rings. The molecule has 0 bridgehead atoms. The second-order valence-electron chi connectivity index (χ2n) is 2.55. The largest absolute Gasteiger partial charge is 0.296 e. The van der Waals surface area contributed by atoms with E-state index < -0.39 is 0 Å². The first-order chi connectivity index (χ1) is 5.15. The molecule has 4 heteroatoms. The molecule has 0 aromatic carbocycles. The van der Waals surface area contributed by atoms with Gasteiger partial charge in [-0.05, 0) is 29.8 Å². The molecule has 0 aliphatic rings. The molecular formula is C7H9BrN2O. The van der Waals surface area contributed by atoms with Crippen molar-refractivity contribution in [1.82, 2.24) is 9.78 Å². The standard InChI is InChI=1S/C7H9BrN2O/c1-5(2)10-3-6(8)7(4-11)9-10/h3-5H,1-2H3. The highest BCUT2D eigenvalue weighted by molar-refractivity contribution is 9.10. The molecule has 0 aliphatic carbocycles. The Kier molecular flexibility index (Phi) is 2.44. The van der Waals surface area contributed by atoms with Crippen LogP contribution in [-0.2, 0) is 0 Å². The highest BCUT2D eigenvalue weighted by Crippen LogP contribution is 2.15. The van der Waals surface area contributed by atoms with E-state index in [1.807, 2.05) is 13.8 Å². The minimum absolute atomic E-state index is 0.292. The van der Waals surface area contributed by atoms with Crippen LogP contribution in [0.15, 0.2) is 10.7 Å². The maximum Gasteiger partial charge on any atom is 0.171 e. The summed E-state index contributed by atoms with van der Waals surface area (Å²) in [6.07, 6.45) is 2.54. The van der Waals surface area contributed by atoms with Gasteiger partial charge in [0.1, 0.15) is 5.69 Å². The first kappa shape index (κ1) is 8.46. The summed E-state index contributed by atoms with van der Waals surface area (Å²) < 4.78 is 2.49. The van der Waals surface area contributed by atoms with E-state index in [0.717, 1.165) is 10.8 Å². The second kappa shape index (κ2) is 3.17. The highest BCUT2D eigenvalue weighted by Gasteiger charge is 2.06. The maximum absolute atomic E-state index is 10.4. The molecule has 1 aromatic heterocycles. The van der Waals surface area contributed by atoms with Crippen LogP contribution in [0.4, 0.5) is 0 Å². The summed E-state index contributed by atoms with van der Waals surface area (Å²) in [4.78, 5) is 10.4. The van der Waals surface area contributed by atoms with Crippen LogP contribution < -0.4 is 0 Å². The fourth-order valence-corrected chi connectivity index (χ4v) is 1.11. The van der Waals surface area contributed by atoms with E-state index in [9.17, 15) is 4.79 Å². The van der Waals surface area contributed by atoms with Gasteiger partial charge in [-0.15, -0.1) is 0 Å². The summed E-state index contributed by atoms with van der Waals surface area (Å²) in [6.45, 7) is 4.02. The molecule has 0 amide bonds. The minimum Gasteiger partial charge on any atom is -0.296 e. The third-order valence-corrected chi connectivity index (χ3v) is 1.97. The Morgan fingerprint density at radius 2 is 2.36 bits per heavy atom. The molecule has 0 atom stereocenters. The zero-order chi connectivity index (χ0) is 8.43. The lowest BCUT2D eigenvalue weighted by molar-refractivity contribution is 0.111. The quantitative estimate of drug-likeness (QED) is 0.710. The van der Waals surface area contributed by atoms with Crippen LogP contribution in [-0.4, -0.2) is 16.1 Å². The van der Waals surface area contributed by atoms with Gasteiger partial charge in [-0.1, -0.05) is 0 Å². The van der Waals surface area contributed by atoms with E-state index >= 15 is 0 Å². The minimum atomic E-state index is 0.292. The SMILES string of the molecule is CC(C)n1cc(Br)c(C=O)n1. The summed E-state index contributed by atoms with van der Waals surface area (Å²) in [5, 5.41) is 4.03. The maximum atomic E-state index is 10.4. The molecule has 60 valence electrons. The van der Waals surface area contributed by atoms with Crippen molar-refractivity contribution in [3.05, 3.63) is 16.4 Å². The second-order valence-corrected chi connectivity index (χ2v) is 3.41. The van der Waals surface area contributed by atoms with Gasteiger partial charge in [0, 0.05) is 12.2 Å². The van der Waals surface area contributed by atoms with Crippen LogP contribution in [0.5, 0.6) is 0 Å². The van der Waals surface area contributed by atoms with E-state index in [0.29, 0.717) is 11.7 Å². The number of nitrogens with zero attached hydrogens (tertiary/aromatic N) is 2. The molecule has 0 saturated heterocycles. The van der Waals surface area contributed by atoms with Crippen LogP contribution in [0.2, 0.25) is 0 Å². The predicted molar refractivity (Wildman–Crippen MR) is 45.7 cm³/mol. The van der Waals surface area contributed by atoms with E-state index in [4.69, 9.17) is 0 Å². The molecule has 0 spiro atoms. The van der Waals surface area contributed by atoms with Crippen LogP contribution >= 0.6 is 15.9 Å². The number of aldehydes is 1. The monoisotopic (exact) mass is 216 g/mol. The lowest BCUT2D eigenvalue weighted by Crippen LogP contribution is -2.01. The average Bonchev–Trinajstić information content (AvgIpc) is 2.31. The number of hydrogen-bond donors (Lipinski definition) is 0. The van der Waals surface area contributed by atoms with Gasteiger partial charge in [0.05, 0.1) is 4.47 Å². The lowest BCUT2D eigenvalue weighted by Gasteiger charge is -2.02. The fraction of sp³-hybridized carbons (Fsp3) is 0.429. The molecule has 0 radical (unpaired) electrons. The average molecular weight is 217 g/mol. The number of carbonyl (C=O) groups is 1. The van der Waals surface area contributed by atoms with E-state index in [2.05, 4.69) is 21.0 Å². The van der Waals surface area contributed by atoms with Crippen molar-refractivity contribution in [1.29, 1.82) is 0 Å². The number of aromatic nitrogens is 2. The first-order valence-corrected chi connectivity index (χ1v) is 4.14. The zero-order valence-electron chi connectivity index (χ0n) is 6.41. The molecule has 0 fully saturated rings. The molecule has 1 heterocycles. The number of carbonyl (C=O) groups excluding carboxylic acids is 1. The van der Waals surface area contributed by atoms with E-state index in [-0.39, 0.29) is 0 Å². The third-order valence-electron chi connectivity index (χ3n) is 1.35. The Balaban J connectivity index is 3.04. The van der Waals surface area contributed by atoms with Crippen molar-refractivity contribution in [2.45, 2.75) is 19.9 Å². The Hall–Kier alpha value is -0.640. The summed E-state index contributed by atoms with van der Waals surface area (Å²) in [5.74, 6) is 0. The van der Waals surface area contributed by atoms with Crippen molar-refractivity contribution >= 4 is 22.2 Å². The summed E-state index contributed by atoms with van der Waals surface area (Å²) >= 11 is 3.23. The Morgan fingerprint density at radius 3 is 2.64 bits per heavy atom. The molecule has 3 nitrogen and oxygen atoms in total. The molecule has 0 N–H and O–H groups in total. The smallest absolute Gasteiger partial charge is 0.171 e. The molecule has 1 rings (SSSR count). The predicted octanol–water partition coefficient (Wildman–Crippen LogP) is 2.04. The Morgan fingerprint density at radius 1 is 1.73 bits per heavy atom. The molecular weight excluding hydrogens is 208 g/mol. The van der Waals surface area contributed by atoms with Gasteiger partial charge < -0.3 is 0 Å². The molecule has 11 heavy (non-hydrogen) atoms. The van der Waals surface area contributed by atoms with Crippen LogP contribution in [0.3, 0.4) is 0 Å². The Bertz CT molecular complexity index is 267. The van der Waals surface area contributed by atoms with Gasteiger partial charge in [-0.2, -0.15) is 5.10 Å². The molecule has 0 unspecified atom stereocenters. The summed E-state index contributed by atoms with van der Waals surface area (Å²) in [6, 6.07) is 0.292. The normalized spacial score (nSPS) is 10.5. The lowest BCUT2D eigenvalue weighted by atomic mass is 10.4. The molecule has 0 saturated carbocycles. The van der Waals surface area contributed by atoms with Crippen molar-refractivity contribution in [2.75, 3.05) is 0 Å². The van der Waals surface area contributed by atoms with Crippen LogP contribution in [0.25, 0.3) is 0 Å². The van der Waals surface area contributed by atoms with Crippen LogP contribution in [0, 0.1) is 0 Å². The first-order valence-electron chi connectivity index (χ1n) is 3.35. The van der Waals surface area contributed by atoms with Crippen molar-refractivity contribution < 1.29 is 4.79 Å². The number of rotatable bonds is 2.